The normalized spacial score (nSPS) is 10.7. The van der Waals surface area contributed by atoms with E-state index in [1.54, 1.807) is 38.5 Å². The van der Waals surface area contributed by atoms with Gasteiger partial charge in [0.15, 0.2) is 5.78 Å². The molecule has 0 amide bonds. The van der Waals surface area contributed by atoms with Crippen LogP contribution in [-0.2, 0) is 6.42 Å². The summed E-state index contributed by atoms with van der Waals surface area (Å²) in [5.74, 6) is 2.05. The van der Waals surface area contributed by atoms with Crippen LogP contribution in [0, 0.1) is 0 Å². The summed E-state index contributed by atoms with van der Waals surface area (Å²) in [5, 5.41) is 0.780. The number of fused-ring (bicyclic) bond motifs is 1. The van der Waals surface area contributed by atoms with Crippen molar-refractivity contribution in [3.63, 3.8) is 0 Å². The first kappa shape index (κ1) is 15.2. The van der Waals surface area contributed by atoms with Gasteiger partial charge in [0.25, 0.3) is 0 Å². The number of ether oxygens (including phenoxy) is 2. The van der Waals surface area contributed by atoms with Gasteiger partial charge in [-0.1, -0.05) is 6.92 Å². The maximum absolute atomic E-state index is 13.0. The quantitative estimate of drug-likeness (QED) is 0.661. The monoisotopic (exact) mass is 310 g/mol. The zero-order valence-electron chi connectivity index (χ0n) is 13.4. The summed E-state index contributed by atoms with van der Waals surface area (Å²) in [5.41, 5.74) is 1.90. The molecule has 4 nitrogen and oxygen atoms in total. The number of methoxy groups -OCH3 is 2. The molecule has 0 aliphatic heterocycles. The van der Waals surface area contributed by atoms with Crippen LogP contribution in [-0.4, -0.2) is 20.0 Å². The Morgan fingerprint density at radius 1 is 1.00 bits per heavy atom. The van der Waals surface area contributed by atoms with Crippen molar-refractivity contribution < 1.29 is 18.7 Å². The summed E-state index contributed by atoms with van der Waals surface area (Å²) in [4.78, 5) is 13.0. The van der Waals surface area contributed by atoms with E-state index in [-0.39, 0.29) is 5.78 Å². The van der Waals surface area contributed by atoms with Gasteiger partial charge in [0.1, 0.15) is 22.8 Å². The lowest BCUT2D eigenvalue weighted by molar-refractivity contribution is 0.103. The molecule has 0 N–H and O–H groups in total. The van der Waals surface area contributed by atoms with Gasteiger partial charge in [-0.3, -0.25) is 4.79 Å². The Morgan fingerprint density at radius 3 is 2.26 bits per heavy atom. The van der Waals surface area contributed by atoms with Crippen molar-refractivity contribution in [1.29, 1.82) is 0 Å². The second-order valence-electron chi connectivity index (χ2n) is 5.17. The van der Waals surface area contributed by atoms with Gasteiger partial charge >= 0.3 is 0 Å². The van der Waals surface area contributed by atoms with E-state index in [9.17, 15) is 4.79 Å². The van der Waals surface area contributed by atoms with E-state index in [0.29, 0.717) is 34.6 Å². The van der Waals surface area contributed by atoms with Gasteiger partial charge in [-0.05, 0) is 42.5 Å². The predicted molar refractivity (Wildman–Crippen MR) is 88.6 cm³/mol. The van der Waals surface area contributed by atoms with Crippen molar-refractivity contribution in [3.8, 4) is 11.5 Å². The van der Waals surface area contributed by atoms with Crippen LogP contribution in [0.4, 0.5) is 0 Å². The third-order valence-corrected chi connectivity index (χ3v) is 3.87. The van der Waals surface area contributed by atoms with Crippen molar-refractivity contribution >= 4 is 16.8 Å². The van der Waals surface area contributed by atoms with Crippen LogP contribution in [0.25, 0.3) is 11.0 Å². The van der Waals surface area contributed by atoms with E-state index in [1.807, 2.05) is 25.1 Å². The van der Waals surface area contributed by atoms with Gasteiger partial charge in [-0.2, -0.15) is 0 Å². The summed E-state index contributed by atoms with van der Waals surface area (Å²) in [6, 6.07) is 12.6. The lowest BCUT2D eigenvalue weighted by Crippen LogP contribution is -2.03. The maximum atomic E-state index is 13.0. The van der Waals surface area contributed by atoms with Crippen LogP contribution >= 0.6 is 0 Å². The Balaban J connectivity index is 2.14. The molecular weight excluding hydrogens is 292 g/mol. The number of benzene rings is 2. The molecule has 0 fully saturated rings. The first-order chi connectivity index (χ1) is 11.2. The SMILES string of the molecule is CCc1oc2ccc(OC)cc2c1C(=O)c1ccc(OC)cc1. The van der Waals surface area contributed by atoms with Crippen molar-refractivity contribution in [1.82, 2.24) is 0 Å². The molecule has 0 atom stereocenters. The molecular formula is C19H18O4. The average molecular weight is 310 g/mol. The van der Waals surface area contributed by atoms with Gasteiger partial charge in [-0.25, -0.2) is 0 Å². The number of ketones is 1. The second kappa shape index (κ2) is 6.16. The molecule has 3 aromatic rings. The molecule has 0 spiro atoms. The Morgan fingerprint density at radius 2 is 1.65 bits per heavy atom. The Kier molecular flexibility index (Phi) is 4.06. The molecule has 0 saturated carbocycles. The number of aryl methyl sites for hydroxylation is 1. The van der Waals surface area contributed by atoms with Crippen LogP contribution < -0.4 is 9.47 Å². The van der Waals surface area contributed by atoms with E-state index in [0.717, 1.165) is 11.1 Å². The van der Waals surface area contributed by atoms with Crippen LogP contribution in [0.5, 0.6) is 11.5 Å². The molecule has 0 saturated heterocycles. The van der Waals surface area contributed by atoms with E-state index in [2.05, 4.69) is 0 Å². The Hall–Kier alpha value is -2.75. The highest BCUT2D eigenvalue weighted by molar-refractivity contribution is 6.17. The Bertz CT molecular complexity index is 844. The highest BCUT2D eigenvalue weighted by Crippen LogP contribution is 2.31. The van der Waals surface area contributed by atoms with Gasteiger partial charge < -0.3 is 13.9 Å². The highest BCUT2D eigenvalue weighted by Gasteiger charge is 2.21. The minimum atomic E-state index is -0.0588. The van der Waals surface area contributed by atoms with Crippen LogP contribution in [0.3, 0.4) is 0 Å². The van der Waals surface area contributed by atoms with E-state index in [1.165, 1.54) is 0 Å². The maximum Gasteiger partial charge on any atom is 0.197 e. The van der Waals surface area contributed by atoms with E-state index < -0.39 is 0 Å². The molecule has 2 aromatic carbocycles. The zero-order chi connectivity index (χ0) is 16.4. The first-order valence-electron chi connectivity index (χ1n) is 7.46. The second-order valence-corrected chi connectivity index (χ2v) is 5.17. The topological polar surface area (TPSA) is 48.7 Å². The van der Waals surface area contributed by atoms with Crippen molar-refractivity contribution in [3.05, 3.63) is 59.4 Å². The summed E-state index contributed by atoms with van der Waals surface area (Å²) in [6.07, 6.45) is 0.647. The number of hydrogen-bond donors (Lipinski definition) is 0. The number of carbonyl (C=O) groups is 1. The number of hydrogen-bond acceptors (Lipinski definition) is 4. The fourth-order valence-electron chi connectivity index (χ4n) is 2.64. The van der Waals surface area contributed by atoms with E-state index in [4.69, 9.17) is 13.9 Å². The summed E-state index contributed by atoms with van der Waals surface area (Å²) >= 11 is 0. The molecule has 23 heavy (non-hydrogen) atoms. The van der Waals surface area contributed by atoms with Crippen LogP contribution in [0.2, 0.25) is 0 Å². The average Bonchev–Trinajstić information content (AvgIpc) is 2.98. The number of carbonyl (C=O) groups excluding carboxylic acids is 1. The highest BCUT2D eigenvalue weighted by atomic mass is 16.5. The van der Waals surface area contributed by atoms with Gasteiger partial charge in [0.2, 0.25) is 0 Å². The zero-order valence-corrected chi connectivity index (χ0v) is 13.4. The molecule has 0 aliphatic rings. The summed E-state index contributed by atoms with van der Waals surface area (Å²) in [7, 11) is 3.20. The van der Waals surface area contributed by atoms with Crippen LogP contribution in [0.15, 0.2) is 46.9 Å². The number of rotatable bonds is 5. The summed E-state index contributed by atoms with van der Waals surface area (Å²) in [6.45, 7) is 1.97. The standard InChI is InChI=1S/C19H18O4/c1-4-16-18(15-11-14(22-3)9-10-17(15)23-16)19(20)12-5-7-13(21-2)8-6-12/h5-11H,4H2,1-3H3. The van der Waals surface area contributed by atoms with Crippen molar-refractivity contribution in [2.45, 2.75) is 13.3 Å². The van der Waals surface area contributed by atoms with Gasteiger partial charge in [0.05, 0.1) is 19.8 Å². The van der Waals surface area contributed by atoms with Crippen molar-refractivity contribution in [2.24, 2.45) is 0 Å². The summed E-state index contributed by atoms with van der Waals surface area (Å²) < 4.78 is 16.2. The smallest absolute Gasteiger partial charge is 0.197 e. The minimum absolute atomic E-state index is 0.0588. The number of furan rings is 1. The largest absolute Gasteiger partial charge is 0.497 e. The van der Waals surface area contributed by atoms with Gasteiger partial charge in [-0.15, -0.1) is 0 Å². The first-order valence-corrected chi connectivity index (χ1v) is 7.46. The molecule has 1 heterocycles. The van der Waals surface area contributed by atoms with E-state index >= 15 is 0 Å². The molecule has 0 aliphatic carbocycles. The van der Waals surface area contributed by atoms with Crippen molar-refractivity contribution in [2.75, 3.05) is 14.2 Å². The lowest BCUT2D eigenvalue weighted by atomic mass is 9.99. The molecule has 0 unspecified atom stereocenters. The third kappa shape index (κ3) is 2.68. The molecule has 0 bridgehead atoms. The molecule has 3 rings (SSSR count). The lowest BCUT2D eigenvalue weighted by Gasteiger charge is -2.04. The molecule has 1 aromatic heterocycles. The third-order valence-electron chi connectivity index (χ3n) is 3.87. The fraction of sp³-hybridized carbons (Fsp3) is 0.211. The predicted octanol–water partition coefficient (Wildman–Crippen LogP) is 4.24. The molecule has 4 heteroatoms. The van der Waals surface area contributed by atoms with Crippen LogP contribution in [0.1, 0.15) is 28.6 Å². The molecule has 118 valence electrons. The minimum Gasteiger partial charge on any atom is -0.497 e. The Labute approximate surface area is 134 Å². The van der Waals surface area contributed by atoms with Gasteiger partial charge in [0, 0.05) is 17.4 Å². The molecule has 0 radical (unpaired) electrons. The fourth-order valence-corrected chi connectivity index (χ4v) is 2.64.